The third kappa shape index (κ3) is 4.79. The highest BCUT2D eigenvalue weighted by Crippen LogP contribution is 2.20. The molecule has 0 aliphatic carbocycles. The molecule has 2 aromatic carbocycles. The highest BCUT2D eigenvalue weighted by molar-refractivity contribution is 7.99. The van der Waals surface area contributed by atoms with E-state index in [-0.39, 0.29) is 27.3 Å². The third-order valence-electron chi connectivity index (χ3n) is 3.84. The van der Waals surface area contributed by atoms with Crippen molar-refractivity contribution >= 4 is 35.0 Å². The SMILES string of the molecule is Cc1cc(C)cc(-n2ccnc(SCC(=O)Nc3ccc(F)c(Cl)c3)c2=O)c1. The Morgan fingerprint density at radius 3 is 2.61 bits per heavy atom. The van der Waals surface area contributed by atoms with Crippen LogP contribution in [0.3, 0.4) is 0 Å². The second-order valence-electron chi connectivity index (χ2n) is 6.22. The van der Waals surface area contributed by atoms with Crippen LogP contribution in [0.5, 0.6) is 0 Å². The van der Waals surface area contributed by atoms with Crippen molar-refractivity contribution in [2.24, 2.45) is 0 Å². The number of nitrogens with one attached hydrogen (secondary N) is 1. The van der Waals surface area contributed by atoms with E-state index in [1.165, 1.54) is 29.0 Å². The zero-order valence-electron chi connectivity index (χ0n) is 15.2. The van der Waals surface area contributed by atoms with E-state index in [4.69, 9.17) is 11.6 Å². The van der Waals surface area contributed by atoms with Crippen LogP contribution < -0.4 is 10.9 Å². The number of aryl methyl sites for hydroxylation is 2. The van der Waals surface area contributed by atoms with E-state index in [2.05, 4.69) is 10.3 Å². The van der Waals surface area contributed by atoms with Gasteiger partial charge >= 0.3 is 0 Å². The second kappa shape index (κ2) is 8.58. The Morgan fingerprint density at radius 2 is 1.93 bits per heavy atom. The summed E-state index contributed by atoms with van der Waals surface area (Å²) < 4.78 is 14.7. The number of hydrogen-bond donors (Lipinski definition) is 1. The Kier molecular flexibility index (Phi) is 6.16. The van der Waals surface area contributed by atoms with Gasteiger partial charge in [0.1, 0.15) is 5.82 Å². The first-order valence-electron chi connectivity index (χ1n) is 8.37. The third-order valence-corrected chi connectivity index (χ3v) is 5.09. The van der Waals surface area contributed by atoms with E-state index >= 15 is 0 Å². The average molecular weight is 418 g/mol. The lowest BCUT2D eigenvalue weighted by Gasteiger charge is -2.10. The highest BCUT2D eigenvalue weighted by Gasteiger charge is 2.11. The lowest BCUT2D eigenvalue weighted by Crippen LogP contribution is -2.22. The van der Waals surface area contributed by atoms with E-state index in [1.54, 1.807) is 6.20 Å². The van der Waals surface area contributed by atoms with Crippen LogP contribution in [0.15, 0.2) is 58.6 Å². The highest BCUT2D eigenvalue weighted by atomic mass is 35.5. The molecule has 0 aliphatic rings. The Bertz CT molecular complexity index is 1080. The maximum absolute atomic E-state index is 13.2. The van der Waals surface area contributed by atoms with E-state index in [0.717, 1.165) is 28.6 Å². The van der Waals surface area contributed by atoms with Crippen LogP contribution in [0, 0.1) is 19.7 Å². The van der Waals surface area contributed by atoms with Gasteiger partial charge in [0.15, 0.2) is 5.03 Å². The first-order chi connectivity index (χ1) is 13.3. The number of halogens is 2. The Balaban J connectivity index is 1.73. The molecular formula is C20H17ClFN3O2S. The van der Waals surface area contributed by atoms with Crippen molar-refractivity contribution in [3.63, 3.8) is 0 Å². The van der Waals surface area contributed by atoms with Crippen molar-refractivity contribution in [2.45, 2.75) is 18.9 Å². The van der Waals surface area contributed by atoms with E-state index in [0.29, 0.717) is 5.69 Å². The van der Waals surface area contributed by atoms with Crippen LogP contribution in [0.25, 0.3) is 5.69 Å². The molecule has 0 aliphatic heterocycles. The maximum Gasteiger partial charge on any atom is 0.287 e. The second-order valence-corrected chi connectivity index (χ2v) is 7.59. The molecular weight excluding hydrogens is 401 g/mol. The Labute approximate surface area is 170 Å². The lowest BCUT2D eigenvalue weighted by atomic mass is 10.1. The number of benzene rings is 2. The molecule has 5 nitrogen and oxygen atoms in total. The molecule has 1 amide bonds. The van der Waals surface area contributed by atoms with Crippen LogP contribution in [-0.4, -0.2) is 21.2 Å². The van der Waals surface area contributed by atoms with Crippen molar-refractivity contribution < 1.29 is 9.18 Å². The molecule has 0 saturated carbocycles. The molecule has 28 heavy (non-hydrogen) atoms. The monoisotopic (exact) mass is 417 g/mol. The molecule has 8 heteroatoms. The standard InChI is InChI=1S/C20H17ClFN3O2S/c1-12-7-13(2)9-15(8-12)25-6-5-23-19(20(25)27)28-11-18(26)24-14-3-4-17(22)16(21)10-14/h3-10H,11H2,1-2H3,(H,24,26). The number of thioether (sulfide) groups is 1. The van der Waals surface area contributed by atoms with Crippen molar-refractivity contribution in [3.8, 4) is 5.69 Å². The van der Waals surface area contributed by atoms with Gasteiger partial charge in [0, 0.05) is 23.8 Å². The fourth-order valence-corrected chi connectivity index (χ4v) is 3.57. The molecule has 0 radical (unpaired) electrons. The van der Waals surface area contributed by atoms with Crippen molar-refractivity contribution in [1.29, 1.82) is 0 Å². The van der Waals surface area contributed by atoms with Gasteiger partial charge in [-0.25, -0.2) is 9.37 Å². The summed E-state index contributed by atoms with van der Waals surface area (Å²) >= 11 is 6.74. The minimum absolute atomic E-state index is 0.0197. The molecule has 3 aromatic rings. The predicted molar refractivity (Wildman–Crippen MR) is 110 cm³/mol. The minimum atomic E-state index is -0.561. The van der Waals surface area contributed by atoms with E-state index in [9.17, 15) is 14.0 Å². The summed E-state index contributed by atoms with van der Waals surface area (Å²) in [5, 5.41) is 2.75. The lowest BCUT2D eigenvalue weighted by molar-refractivity contribution is -0.113. The van der Waals surface area contributed by atoms with E-state index < -0.39 is 5.82 Å². The van der Waals surface area contributed by atoms with Crippen LogP contribution in [0.2, 0.25) is 5.02 Å². The van der Waals surface area contributed by atoms with Gasteiger partial charge < -0.3 is 5.32 Å². The van der Waals surface area contributed by atoms with Gasteiger partial charge in [-0.3, -0.25) is 14.2 Å². The predicted octanol–water partition coefficient (Wildman–Crippen LogP) is 4.37. The fourth-order valence-electron chi connectivity index (χ4n) is 2.69. The normalized spacial score (nSPS) is 10.7. The molecule has 0 fully saturated rings. The zero-order chi connectivity index (χ0) is 20.3. The number of nitrogens with zero attached hydrogens (tertiary/aromatic N) is 2. The fraction of sp³-hybridized carbons (Fsp3) is 0.150. The number of rotatable bonds is 5. The summed E-state index contributed by atoms with van der Waals surface area (Å²) in [6, 6.07) is 9.76. The van der Waals surface area contributed by atoms with Gasteiger partial charge in [0.2, 0.25) is 5.91 Å². The van der Waals surface area contributed by atoms with Crippen LogP contribution in [0.4, 0.5) is 10.1 Å². The quantitative estimate of drug-likeness (QED) is 0.626. The number of anilines is 1. The topological polar surface area (TPSA) is 64.0 Å². The van der Waals surface area contributed by atoms with Gasteiger partial charge in [-0.15, -0.1) is 0 Å². The zero-order valence-corrected chi connectivity index (χ0v) is 16.8. The van der Waals surface area contributed by atoms with E-state index in [1.807, 2.05) is 32.0 Å². The largest absolute Gasteiger partial charge is 0.325 e. The Hall–Kier alpha value is -2.64. The van der Waals surface area contributed by atoms with Gasteiger partial charge in [0.05, 0.1) is 10.8 Å². The molecule has 0 unspecified atom stereocenters. The summed E-state index contributed by atoms with van der Waals surface area (Å²) in [6.07, 6.45) is 3.13. The summed E-state index contributed by atoms with van der Waals surface area (Å²) in [4.78, 5) is 29.0. The number of carbonyl (C=O) groups excluding carboxylic acids is 1. The van der Waals surface area contributed by atoms with Crippen LogP contribution in [0.1, 0.15) is 11.1 Å². The molecule has 0 atom stereocenters. The molecule has 0 saturated heterocycles. The van der Waals surface area contributed by atoms with Gasteiger partial charge in [0.25, 0.3) is 5.56 Å². The van der Waals surface area contributed by atoms with Crippen LogP contribution >= 0.6 is 23.4 Å². The molecule has 1 heterocycles. The molecule has 1 N–H and O–H groups in total. The number of carbonyl (C=O) groups is 1. The van der Waals surface area contributed by atoms with Crippen molar-refractivity contribution in [3.05, 3.63) is 81.1 Å². The molecule has 144 valence electrons. The van der Waals surface area contributed by atoms with Crippen molar-refractivity contribution in [1.82, 2.24) is 9.55 Å². The molecule has 0 spiro atoms. The van der Waals surface area contributed by atoms with Gasteiger partial charge in [-0.2, -0.15) is 0 Å². The van der Waals surface area contributed by atoms with Gasteiger partial charge in [-0.1, -0.05) is 29.4 Å². The molecule has 0 bridgehead atoms. The minimum Gasteiger partial charge on any atom is -0.325 e. The number of aromatic nitrogens is 2. The summed E-state index contributed by atoms with van der Waals surface area (Å²) in [7, 11) is 0. The average Bonchev–Trinajstić information content (AvgIpc) is 2.63. The molecule has 3 rings (SSSR count). The Morgan fingerprint density at radius 1 is 1.21 bits per heavy atom. The molecule has 1 aromatic heterocycles. The first-order valence-corrected chi connectivity index (χ1v) is 9.74. The smallest absolute Gasteiger partial charge is 0.287 e. The number of hydrogen-bond acceptors (Lipinski definition) is 4. The summed E-state index contributed by atoms with van der Waals surface area (Å²) in [5.74, 6) is -0.932. The summed E-state index contributed by atoms with van der Waals surface area (Å²) in [6.45, 7) is 3.93. The first kappa shape index (κ1) is 20.1. The number of amides is 1. The van der Waals surface area contributed by atoms with Crippen LogP contribution in [-0.2, 0) is 4.79 Å². The van der Waals surface area contributed by atoms with Gasteiger partial charge in [-0.05, 0) is 55.3 Å². The maximum atomic E-state index is 13.2. The van der Waals surface area contributed by atoms with Crippen molar-refractivity contribution in [2.75, 3.05) is 11.1 Å². The summed E-state index contributed by atoms with van der Waals surface area (Å²) in [5.41, 5.74) is 2.92.